The Kier molecular flexibility index (Phi) is 4.98. The van der Waals surface area contributed by atoms with Gasteiger partial charge in [-0.15, -0.1) is 5.10 Å². The Balaban J connectivity index is 1.46. The van der Waals surface area contributed by atoms with Crippen molar-refractivity contribution in [3.05, 3.63) is 11.9 Å². The van der Waals surface area contributed by atoms with Crippen LogP contribution >= 0.6 is 0 Å². The number of ether oxygens (including phenoxy) is 1. The molecule has 0 bridgehead atoms. The maximum Gasteiger partial charge on any atom is 0.184 e. The molecule has 2 fully saturated rings. The number of nitrogens with zero attached hydrogens (tertiary/aromatic N) is 3. The van der Waals surface area contributed by atoms with E-state index in [1.807, 2.05) is 10.9 Å². The van der Waals surface area contributed by atoms with Gasteiger partial charge in [0.25, 0.3) is 0 Å². The van der Waals surface area contributed by atoms with E-state index in [9.17, 15) is 4.79 Å². The summed E-state index contributed by atoms with van der Waals surface area (Å²) in [6.45, 7) is 2.90. The van der Waals surface area contributed by atoms with Crippen molar-refractivity contribution in [3.63, 3.8) is 0 Å². The molecular weight excluding hydrogens is 268 g/mol. The van der Waals surface area contributed by atoms with Crippen molar-refractivity contribution in [2.24, 2.45) is 0 Å². The minimum atomic E-state index is 0.105. The Morgan fingerprint density at radius 2 is 2.24 bits per heavy atom. The van der Waals surface area contributed by atoms with E-state index in [0.717, 1.165) is 58.2 Å². The summed E-state index contributed by atoms with van der Waals surface area (Å²) in [6, 6.07) is 0.382. The van der Waals surface area contributed by atoms with Crippen molar-refractivity contribution < 1.29 is 9.53 Å². The summed E-state index contributed by atoms with van der Waals surface area (Å²) in [5.74, 6) is 0.105. The van der Waals surface area contributed by atoms with Gasteiger partial charge < -0.3 is 10.1 Å². The first-order valence-electron chi connectivity index (χ1n) is 8.10. The highest BCUT2D eigenvalue weighted by molar-refractivity contribution is 5.93. The fraction of sp³-hybridized carbons (Fsp3) is 0.800. The molecule has 1 aromatic rings. The Morgan fingerprint density at radius 3 is 3.00 bits per heavy atom. The van der Waals surface area contributed by atoms with Gasteiger partial charge in [-0.05, 0) is 51.6 Å². The Morgan fingerprint density at radius 1 is 1.38 bits per heavy atom. The summed E-state index contributed by atoms with van der Waals surface area (Å²) in [5, 5.41) is 11.5. The average molecular weight is 292 g/mol. The fourth-order valence-electron chi connectivity index (χ4n) is 3.14. The highest BCUT2D eigenvalue weighted by Gasteiger charge is 2.19. The molecular formula is C15H24N4O2. The Labute approximate surface area is 125 Å². The molecule has 3 heterocycles. The van der Waals surface area contributed by atoms with Crippen LogP contribution in [-0.2, 0) is 4.74 Å². The molecule has 1 aromatic heterocycles. The van der Waals surface area contributed by atoms with Gasteiger partial charge in [0.1, 0.15) is 5.69 Å². The zero-order valence-corrected chi connectivity index (χ0v) is 12.5. The first kappa shape index (κ1) is 14.7. The third-order valence-electron chi connectivity index (χ3n) is 4.43. The van der Waals surface area contributed by atoms with Crippen LogP contribution in [0, 0.1) is 0 Å². The molecule has 0 amide bonds. The van der Waals surface area contributed by atoms with Crippen molar-refractivity contribution in [2.75, 3.05) is 19.7 Å². The van der Waals surface area contributed by atoms with Crippen molar-refractivity contribution in [1.29, 1.82) is 0 Å². The fourth-order valence-corrected chi connectivity index (χ4v) is 3.14. The number of carbonyl (C=O) groups excluding carboxylic acids is 1. The molecule has 0 aliphatic carbocycles. The molecule has 2 saturated heterocycles. The molecule has 0 aromatic carbocycles. The van der Waals surface area contributed by atoms with Crippen LogP contribution in [-0.4, -0.2) is 46.6 Å². The first-order valence-corrected chi connectivity index (χ1v) is 8.10. The quantitative estimate of drug-likeness (QED) is 0.809. The van der Waals surface area contributed by atoms with Crippen LogP contribution in [0.25, 0.3) is 0 Å². The first-order chi connectivity index (χ1) is 10.3. The third kappa shape index (κ3) is 3.89. The molecule has 1 N–H and O–H groups in total. The summed E-state index contributed by atoms with van der Waals surface area (Å²) in [7, 11) is 0. The predicted octanol–water partition coefficient (Wildman–Crippen LogP) is 1.73. The number of rotatable bonds is 6. The number of nitrogens with one attached hydrogen (secondary N) is 1. The van der Waals surface area contributed by atoms with Gasteiger partial charge in [0, 0.05) is 13.0 Å². The van der Waals surface area contributed by atoms with Crippen LogP contribution < -0.4 is 5.32 Å². The number of aromatic nitrogens is 3. The lowest BCUT2D eigenvalue weighted by molar-refractivity contribution is 0.0919. The molecule has 6 nitrogen and oxygen atoms in total. The van der Waals surface area contributed by atoms with Gasteiger partial charge >= 0.3 is 0 Å². The van der Waals surface area contributed by atoms with Crippen LogP contribution in [0.1, 0.15) is 61.5 Å². The van der Waals surface area contributed by atoms with E-state index < -0.39 is 0 Å². The minimum absolute atomic E-state index is 0.105. The number of Topliss-reactive ketones (excluding diaryl/α,β-unsaturated/α-hetero) is 1. The van der Waals surface area contributed by atoms with E-state index in [1.54, 1.807) is 0 Å². The van der Waals surface area contributed by atoms with Crippen molar-refractivity contribution in [3.8, 4) is 0 Å². The van der Waals surface area contributed by atoms with E-state index in [-0.39, 0.29) is 5.78 Å². The molecule has 21 heavy (non-hydrogen) atoms. The topological polar surface area (TPSA) is 69.0 Å². The molecule has 0 radical (unpaired) electrons. The summed E-state index contributed by atoms with van der Waals surface area (Å²) >= 11 is 0. The Hall–Kier alpha value is -1.27. The van der Waals surface area contributed by atoms with Crippen LogP contribution in [0.2, 0.25) is 0 Å². The lowest BCUT2D eigenvalue weighted by Crippen LogP contribution is -2.29. The largest absolute Gasteiger partial charge is 0.378 e. The number of hydrogen-bond donors (Lipinski definition) is 1. The number of carbonyl (C=O) groups is 1. The van der Waals surface area contributed by atoms with Gasteiger partial charge in [0.15, 0.2) is 5.78 Å². The zero-order valence-electron chi connectivity index (χ0n) is 12.5. The van der Waals surface area contributed by atoms with Crippen LogP contribution in [0.15, 0.2) is 6.20 Å². The maximum atomic E-state index is 12.1. The summed E-state index contributed by atoms with van der Waals surface area (Å²) in [6.07, 6.45) is 8.99. The van der Waals surface area contributed by atoms with Gasteiger partial charge in [-0.3, -0.25) is 4.79 Å². The molecule has 0 saturated carbocycles. The van der Waals surface area contributed by atoms with Gasteiger partial charge in [-0.2, -0.15) is 0 Å². The number of ketones is 1. The van der Waals surface area contributed by atoms with Gasteiger partial charge in [0.05, 0.1) is 18.3 Å². The van der Waals surface area contributed by atoms with Crippen LogP contribution in [0.3, 0.4) is 0 Å². The monoisotopic (exact) mass is 292 g/mol. The zero-order chi connectivity index (χ0) is 14.5. The molecule has 0 spiro atoms. The molecule has 2 aliphatic heterocycles. The third-order valence-corrected chi connectivity index (χ3v) is 4.43. The molecule has 116 valence electrons. The second-order valence-electron chi connectivity index (χ2n) is 6.02. The standard InChI is InChI=1S/C15H24N4O2/c20-15(5-1-3-13-4-2-10-21-13)14-11-19(18-17-14)12-6-8-16-9-7-12/h11-13,16H,1-10H2. The van der Waals surface area contributed by atoms with Gasteiger partial charge in [-0.1, -0.05) is 5.21 Å². The van der Waals surface area contributed by atoms with Crippen molar-refractivity contribution >= 4 is 5.78 Å². The second kappa shape index (κ2) is 7.13. The maximum absolute atomic E-state index is 12.1. The molecule has 1 atom stereocenters. The lowest BCUT2D eigenvalue weighted by atomic mass is 10.1. The van der Waals surface area contributed by atoms with E-state index in [1.165, 1.54) is 0 Å². The smallest absolute Gasteiger partial charge is 0.184 e. The molecule has 2 aliphatic rings. The summed E-state index contributed by atoms with van der Waals surface area (Å²) in [5.41, 5.74) is 0.515. The minimum Gasteiger partial charge on any atom is -0.378 e. The average Bonchev–Trinajstić information content (AvgIpc) is 3.20. The predicted molar refractivity (Wildman–Crippen MR) is 78.3 cm³/mol. The van der Waals surface area contributed by atoms with Gasteiger partial charge in [0.2, 0.25) is 0 Å². The van der Waals surface area contributed by atoms with E-state index in [2.05, 4.69) is 15.6 Å². The van der Waals surface area contributed by atoms with Crippen molar-refractivity contribution in [2.45, 2.75) is 57.1 Å². The van der Waals surface area contributed by atoms with Crippen LogP contribution in [0.5, 0.6) is 0 Å². The van der Waals surface area contributed by atoms with E-state index in [4.69, 9.17) is 4.74 Å². The molecule has 6 heteroatoms. The van der Waals surface area contributed by atoms with Gasteiger partial charge in [-0.25, -0.2) is 4.68 Å². The lowest BCUT2D eigenvalue weighted by Gasteiger charge is -2.22. The van der Waals surface area contributed by atoms with Crippen LogP contribution in [0.4, 0.5) is 0 Å². The number of hydrogen-bond acceptors (Lipinski definition) is 5. The molecule has 3 rings (SSSR count). The Bertz CT molecular complexity index is 462. The van der Waals surface area contributed by atoms with E-state index >= 15 is 0 Å². The number of piperidine rings is 1. The highest BCUT2D eigenvalue weighted by atomic mass is 16.5. The SMILES string of the molecule is O=C(CCCC1CCCO1)c1cn(C2CCNCC2)nn1. The summed E-state index contributed by atoms with van der Waals surface area (Å²) in [4.78, 5) is 12.1. The highest BCUT2D eigenvalue weighted by Crippen LogP contribution is 2.19. The van der Waals surface area contributed by atoms with E-state index in [0.29, 0.717) is 24.3 Å². The second-order valence-corrected chi connectivity index (χ2v) is 6.02. The normalized spacial score (nSPS) is 23.5. The molecule has 1 unspecified atom stereocenters. The van der Waals surface area contributed by atoms with Crippen molar-refractivity contribution in [1.82, 2.24) is 20.3 Å². The summed E-state index contributed by atoms with van der Waals surface area (Å²) < 4.78 is 7.44.